The third kappa shape index (κ3) is 15.8. The van der Waals surface area contributed by atoms with Gasteiger partial charge in [0.25, 0.3) is 23.7 Å². The van der Waals surface area contributed by atoms with E-state index in [-0.39, 0.29) is 36.8 Å². The lowest BCUT2D eigenvalue weighted by atomic mass is 10.0. The number of nitrogens with one attached hydrogen (secondary N) is 2. The van der Waals surface area contributed by atoms with Gasteiger partial charge < -0.3 is 45.6 Å². The number of pyridine rings is 2. The first-order valence-corrected chi connectivity index (χ1v) is 22.4. The SMILES string of the molecule is N#C[C@@H]1CC(F)(F)CN1C(=O)CNC(=O)c1ccncc1-c1ccc(OCCCN(CCCOc2ccc(-c3cnccc3C(=O)NCC(=O)N3CC(F)(F)C[C@H]3C#N)cc2)C(=O)CN)cc1.O=C(O)C(F)(F)F. The Morgan fingerprint density at radius 2 is 1.08 bits per heavy atom. The van der Waals surface area contributed by atoms with E-state index >= 15 is 0 Å². The molecule has 0 spiro atoms. The van der Waals surface area contributed by atoms with Crippen LogP contribution in [0.3, 0.4) is 0 Å². The fourth-order valence-electron chi connectivity index (χ4n) is 7.58. The molecule has 392 valence electrons. The summed E-state index contributed by atoms with van der Waals surface area (Å²) in [5.41, 5.74) is 8.18. The average Bonchev–Trinajstić information content (AvgIpc) is 3.89. The first kappa shape index (κ1) is 56.5. The number of rotatable bonds is 19. The van der Waals surface area contributed by atoms with Crippen LogP contribution in [0.15, 0.2) is 85.5 Å². The standard InChI is InChI=1S/C46H46F4N10O7.C2HF3O2/c47-45(48)19-32(21-51)59(28-45)41(62)26-56-43(64)36-11-13-54-24-38(36)30-3-7-34(8-4-30)66-17-1-15-58(40(61)23-53)16-2-18-67-35-9-5-31(6-10-35)39-25-55-14-12-37(39)44(65)57-27-42(63)60-29-46(49,50)20-33(60)22-52;3-2(4,5)1(6)7/h3-14,24-25,32-33H,1-2,15-20,23,26-29,53H2,(H,56,64)(H,57,65);(H,6,7)/t32-,33-;/m0./s1. The van der Waals surface area contributed by atoms with Crippen molar-refractivity contribution in [3.05, 3.63) is 96.6 Å². The lowest BCUT2D eigenvalue weighted by Gasteiger charge is -2.22. The van der Waals surface area contributed by atoms with Gasteiger partial charge in [-0.3, -0.25) is 33.9 Å². The molecule has 4 aromatic rings. The number of aromatic nitrogens is 2. The van der Waals surface area contributed by atoms with Crippen molar-refractivity contribution in [2.45, 2.75) is 55.8 Å². The van der Waals surface area contributed by atoms with Crippen LogP contribution in [-0.2, 0) is 19.2 Å². The molecule has 74 heavy (non-hydrogen) atoms. The zero-order valence-electron chi connectivity index (χ0n) is 39.0. The molecule has 2 aromatic heterocycles. The van der Waals surface area contributed by atoms with Crippen LogP contribution in [0.25, 0.3) is 22.3 Å². The molecule has 19 nitrogen and oxygen atoms in total. The number of benzene rings is 2. The Bertz CT molecular complexity index is 2570. The minimum Gasteiger partial charge on any atom is -0.494 e. The molecule has 0 radical (unpaired) electrons. The van der Waals surface area contributed by atoms with Gasteiger partial charge in [-0.2, -0.15) is 23.7 Å². The van der Waals surface area contributed by atoms with Gasteiger partial charge in [-0.25, -0.2) is 22.4 Å². The largest absolute Gasteiger partial charge is 0.494 e. The summed E-state index contributed by atoms with van der Waals surface area (Å²) >= 11 is 0. The molecule has 0 bridgehead atoms. The predicted molar refractivity (Wildman–Crippen MR) is 245 cm³/mol. The Labute approximate surface area is 417 Å². The monoisotopic (exact) mass is 1040 g/mol. The Morgan fingerprint density at radius 1 is 0.703 bits per heavy atom. The average molecular weight is 1040 g/mol. The van der Waals surface area contributed by atoms with Crippen LogP contribution >= 0.6 is 0 Å². The van der Waals surface area contributed by atoms with Crippen LogP contribution in [0.5, 0.6) is 11.5 Å². The third-order valence-electron chi connectivity index (χ3n) is 11.2. The van der Waals surface area contributed by atoms with E-state index in [2.05, 4.69) is 20.6 Å². The fraction of sp³-hybridized carbons (Fsp3) is 0.375. The zero-order valence-corrected chi connectivity index (χ0v) is 39.0. The molecule has 2 atom stereocenters. The van der Waals surface area contributed by atoms with E-state index in [4.69, 9.17) is 25.1 Å². The Balaban J connectivity index is 0.00000135. The maximum Gasteiger partial charge on any atom is 0.490 e. The number of hydrogen-bond donors (Lipinski definition) is 4. The molecular weight excluding hydrogens is 994 g/mol. The van der Waals surface area contributed by atoms with Crippen molar-refractivity contribution in [3.8, 4) is 45.9 Å². The number of carbonyl (C=O) groups is 6. The van der Waals surface area contributed by atoms with Crippen molar-refractivity contribution in [1.29, 1.82) is 10.5 Å². The van der Waals surface area contributed by atoms with E-state index in [1.54, 1.807) is 65.6 Å². The van der Waals surface area contributed by atoms with Gasteiger partial charge in [-0.05, 0) is 60.4 Å². The molecular formula is C48H47F7N10O9. The fourth-order valence-corrected chi connectivity index (χ4v) is 7.58. The smallest absolute Gasteiger partial charge is 0.490 e. The second-order valence-corrected chi connectivity index (χ2v) is 16.5. The summed E-state index contributed by atoms with van der Waals surface area (Å²) in [7, 11) is 0. The maximum absolute atomic E-state index is 13.8. The molecule has 2 aromatic carbocycles. The molecule has 4 heterocycles. The number of likely N-dealkylation sites (tertiary alicyclic amines) is 2. The number of aliphatic carboxylic acids is 1. The van der Waals surface area contributed by atoms with Crippen molar-refractivity contribution in [1.82, 2.24) is 35.3 Å². The molecule has 5 N–H and O–H groups in total. The number of nitriles is 2. The normalized spacial score (nSPS) is 16.4. The Hall–Kier alpha value is -8.39. The Morgan fingerprint density at radius 3 is 1.42 bits per heavy atom. The second-order valence-electron chi connectivity index (χ2n) is 16.5. The van der Waals surface area contributed by atoms with E-state index in [0.717, 1.165) is 9.80 Å². The van der Waals surface area contributed by atoms with E-state index in [0.29, 0.717) is 59.7 Å². The van der Waals surface area contributed by atoms with Crippen molar-refractivity contribution < 1.29 is 74.1 Å². The van der Waals surface area contributed by atoms with Crippen molar-refractivity contribution in [2.75, 3.05) is 59.0 Å². The number of alkyl halides is 7. The number of carboxylic acids is 1. The lowest BCUT2D eigenvalue weighted by molar-refractivity contribution is -0.192. The summed E-state index contributed by atoms with van der Waals surface area (Å²) in [4.78, 5) is 84.3. The highest BCUT2D eigenvalue weighted by molar-refractivity contribution is 6.03. The first-order chi connectivity index (χ1) is 35.1. The molecule has 5 amide bonds. The topological polar surface area (TPSA) is 274 Å². The molecule has 6 rings (SSSR count). The number of hydrogen-bond acceptors (Lipinski definition) is 13. The predicted octanol–water partition coefficient (Wildman–Crippen LogP) is 4.45. The van der Waals surface area contributed by atoms with Gasteiger partial charge in [0, 0.05) is 61.8 Å². The maximum atomic E-state index is 13.8. The zero-order chi connectivity index (χ0) is 54.2. The van der Waals surface area contributed by atoms with Gasteiger partial charge >= 0.3 is 12.1 Å². The summed E-state index contributed by atoms with van der Waals surface area (Å²) in [6, 6.07) is 17.5. The van der Waals surface area contributed by atoms with Gasteiger partial charge in [0.05, 0.1) is 69.2 Å². The van der Waals surface area contributed by atoms with E-state index in [9.17, 15) is 65.2 Å². The Kier molecular flexibility index (Phi) is 19.3. The highest BCUT2D eigenvalue weighted by atomic mass is 19.4. The van der Waals surface area contributed by atoms with Gasteiger partial charge in [-0.1, -0.05) is 24.3 Å². The number of carboxylic acid groups (broad SMARTS) is 1. The van der Waals surface area contributed by atoms with Crippen LogP contribution in [-0.4, -0.2) is 154 Å². The second kappa shape index (κ2) is 25.3. The van der Waals surface area contributed by atoms with Gasteiger partial charge in [0.15, 0.2) is 0 Å². The minimum absolute atomic E-state index is 0.183. The van der Waals surface area contributed by atoms with Crippen LogP contribution in [0.1, 0.15) is 46.4 Å². The van der Waals surface area contributed by atoms with Gasteiger partial charge in [0.1, 0.15) is 23.6 Å². The summed E-state index contributed by atoms with van der Waals surface area (Å²) in [6.07, 6.45) is 0.121. The van der Waals surface area contributed by atoms with Gasteiger partial charge in [-0.15, -0.1) is 0 Å². The van der Waals surface area contributed by atoms with Crippen LogP contribution in [0, 0.1) is 22.7 Å². The van der Waals surface area contributed by atoms with E-state index in [1.165, 1.54) is 36.9 Å². The van der Waals surface area contributed by atoms with Crippen LogP contribution < -0.4 is 25.8 Å². The summed E-state index contributed by atoms with van der Waals surface area (Å²) < 4.78 is 98.8. The summed E-state index contributed by atoms with van der Waals surface area (Å²) in [5.74, 6) is -11.2. The van der Waals surface area contributed by atoms with Crippen molar-refractivity contribution >= 4 is 35.5 Å². The van der Waals surface area contributed by atoms with Crippen molar-refractivity contribution in [3.63, 3.8) is 0 Å². The molecule has 2 aliphatic heterocycles. The summed E-state index contributed by atoms with van der Waals surface area (Å²) in [5, 5.41) is 30.4. The van der Waals surface area contributed by atoms with Crippen molar-refractivity contribution in [2.24, 2.45) is 5.73 Å². The quantitative estimate of drug-likeness (QED) is 0.0747. The first-order valence-electron chi connectivity index (χ1n) is 22.4. The molecule has 26 heteroatoms. The molecule has 0 unspecified atom stereocenters. The highest BCUT2D eigenvalue weighted by Crippen LogP contribution is 2.33. The molecule has 0 aliphatic carbocycles. The highest BCUT2D eigenvalue weighted by Gasteiger charge is 2.48. The number of nitrogens with two attached hydrogens (primary N) is 1. The van der Waals surface area contributed by atoms with E-state index < -0.39 is 98.7 Å². The number of halogens is 7. The molecule has 2 saturated heterocycles. The molecule has 0 saturated carbocycles. The van der Waals surface area contributed by atoms with Crippen LogP contribution in [0.4, 0.5) is 30.7 Å². The minimum atomic E-state index is -5.08. The number of ether oxygens (including phenoxy) is 2. The van der Waals surface area contributed by atoms with Gasteiger partial charge in [0.2, 0.25) is 17.7 Å². The molecule has 2 fully saturated rings. The van der Waals surface area contributed by atoms with E-state index in [1.807, 2.05) is 0 Å². The summed E-state index contributed by atoms with van der Waals surface area (Å²) in [6.45, 7) is -1.85. The van der Waals surface area contributed by atoms with Crippen LogP contribution in [0.2, 0.25) is 0 Å². The number of nitrogens with zero attached hydrogens (tertiary/aromatic N) is 7. The number of amides is 5. The lowest BCUT2D eigenvalue weighted by Crippen LogP contribution is -2.43. The molecule has 2 aliphatic rings. The number of carbonyl (C=O) groups excluding carboxylic acids is 5. The third-order valence-corrected chi connectivity index (χ3v) is 11.2.